The Balaban J connectivity index is 2.16. The molecule has 0 atom stereocenters. The van der Waals surface area contributed by atoms with E-state index in [1.807, 2.05) is 0 Å². The Bertz CT molecular complexity index is 573. The molecule has 0 aliphatic rings. The van der Waals surface area contributed by atoms with Gasteiger partial charge in [0.1, 0.15) is 11.6 Å². The molecule has 5 heteroatoms. The van der Waals surface area contributed by atoms with Gasteiger partial charge < -0.3 is 5.32 Å². The van der Waals surface area contributed by atoms with Crippen LogP contribution in [0.2, 0.25) is 5.02 Å². The number of nitrogens with one attached hydrogen (secondary N) is 1. The minimum Gasteiger partial charge on any atom is -0.379 e. The molecule has 0 aromatic heterocycles. The average molecular weight is 333 g/mol. The van der Waals surface area contributed by atoms with Crippen molar-refractivity contribution >= 4 is 33.2 Å². The van der Waals surface area contributed by atoms with Crippen molar-refractivity contribution in [2.75, 3.05) is 5.32 Å². The molecular formula is C13H9BrClF2N. The molecule has 1 N–H and O–H groups in total. The molecule has 0 radical (unpaired) electrons. The van der Waals surface area contributed by atoms with E-state index in [4.69, 9.17) is 11.6 Å². The summed E-state index contributed by atoms with van der Waals surface area (Å²) >= 11 is 9.07. The molecule has 0 bridgehead atoms. The van der Waals surface area contributed by atoms with Gasteiger partial charge >= 0.3 is 0 Å². The second-order valence-corrected chi connectivity index (χ2v) is 4.98. The third kappa shape index (κ3) is 3.00. The van der Waals surface area contributed by atoms with E-state index in [1.165, 1.54) is 12.1 Å². The normalized spacial score (nSPS) is 10.4. The monoisotopic (exact) mass is 331 g/mol. The van der Waals surface area contributed by atoms with Gasteiger partial charge in [-0.1, -0.05) is 39.7 Å². The lowest BCUT2D eigenvalue weighted by atomic mass is 10.2. The van der Waals surface area contributed by atoms with Crippen LogP contribution in [0.15, 0.2) is 40.9 Å². The SMILES string of the molecule is Fc1ccc(Br)cc1NCc1cccc(F)c1Cl. The third-order valence-electron chi connectivity index (χ3n) is 2.43. The van der Waals surface area contributed by atoms with Crippen molar-refractivity contribution in [2.45, 2.75) is 6.54 Å². The summed E-state index contributed by atoms with van der Waals surface area (Å²) in [4.78, 5) is 0. The number of hydrogen-bond acceptors (Lipinski definition) is 1. The molecule has 2 aromatic carbocycles. The predicted octanol–water partition coefficient (Wildman–Crippen LogP) is 4.99. The van der Waals surface area contributed by atoms with Crippen molar-refractivity contribution in [1.82, 2.24) is 0 Å². The number of halogens is 4. The molecule has 0 aliphatic heterocycles. The summed E-state index contributed by atoms with van der Waals surface area (Å²) in [5, 5.41) is 2.94. The predicted molar refractivity (Wildman–Crippen MR) is 72.8 cm³/mol. The van der Waals surface area contributed by atoms with E-state index in [0.717, 1.165) is 4.47 Å². The lowest BCUT2D eigenvalue weighted by Gasteiger charge is -2.09. The molecule has 0 heterocycles. The van der Waals surface area contributed by atoms with Crippen molar-refractivity contribution in [2.24, 2.45) is 0 Å². The summed E-state index contributed by atoms with van der Waals surface area (Å²) in [6.45, 7) is 0.254. The fraction of sp³-hybridized carbons (Fsp3) is 0.0769. The van der Waals surface area contributed by atoms with Crippen molar-refractivity contribution < 1.29 is 8.78 Å². The van der Waals surface area contributed by atoms with Crippen LogP contribution in [0.4, 0.5) is 14.5 Å². The minimum atomic E-state index is -0.481. The Hall–Kier alpha value is -1.13. The van der Waals surface area contributed by atoms with E-state index in [-0.39, 0.29) is 17.4 Å². The molecule has 2 aromatic rings. The Morgan fingerprint density at radius 3 is 2.67 bits per heavy atom. The zero-order valence-electron chi connectivity index (χ0n) is 9.18. The molecule has 0 spiro atoms. The highest BCUT2D eigenvalue weighted by Crippen LogP contribution is 2.23. The number of anilines is 1. The Kier molecular flexibility index (Phi) is 4.19. The van der Waals surface area contributed by atoms with Gasteiger partial charge in [-0.15, -0.1) is 0 Å². The van der Waals surface area contributed by atoms with Gasteiger partial charge in [0.2, 0.25) is 0 Å². The molecule has 1 nitrogen and oxygen atoms in total. The molecule has 0 fully saturated rings. The van der Waals surface area contributed by atoms with Crippen LogP contribution in [0.3, 0.4) is 0 Å². The standard InChI is InChI=1S/C13H9BrClF2N/c14-9-4-5-10(16)12(6-9)18-7-8-2-1-3-11(17)13(8)15/h1-6,18H,7H2. The van der Waals surface area contributed by atoms with Crippen molar-refractivity contribution in [1.29, 1.82) is 0 Å². The van der Waals surface area contributed by atoms with Crippen LogP contribution in [0, 0.1) is 11.6 Å². The maximum Gasteiger partial charge on any atom is 0.146 e. The van der Waals surface area contributed by atoms with Crippen LogP contribution in [-0.2, 0) is 6.54 Å². The van der Waals surface area contributed by atoms with Crippen molar-refractivity contribution in [3.8, 4) is 0 Å². The van der Waals surface area contributed by atoms with Crippen LogP contribution >= 0.6 is 27.5 Å². The van der Waals surface area contributed by atoms with E-state index in [0.29, 0.717) is 11.3 Å². The van der Waals surface area contributed by atoms with Gasteiger partial charge in [-0.3, -0.25) is 0 Å². The smallest absolute Gasteiger partial charge is 0.146 e. The maximum atomic E-state index is 13.5. The van der Waals surface area contributed by atoms with E-state index in [1.54, 1.807) is 24.3 Å². The average Bonchev–Trinajstić information content (AvgIpc) is 2.35. The Labute approximate surface area is 117 Å². The zero-order valence-corrected chi connectivity index (χ0v) is 11.5. The molecule has 94 valence electrons. The van der Waals surface area contributed by atoms with Crippen LogP contribution in [-0.4, -0.2) is 0 Å². The van der Waals surface area contributed by atoms with E-state index in [2.05, 4.69) is 21.2 Å². The van der Waals surface area contributed by atoms with Gasteiger partial charge in [-0.25, -0.2) is 8.78 Å². The fourth-order valence-electron chi connectivity index (χ4n) is 1.51. The summed E-state index contributed by atoms with van der Waals surface area (Å²) < 4.78 is 27.4. The number of hydrogen-bond donors (Lipinski definition) is 1. The van der Waals surface area contributed by atoms with Crippen molar-refractivity contribution in [3.05, 3.63) is 63.1 Å². The highest BCUT2D eigenvalue weighted by atomic mass is 79.9. The van der Waals surface area contributed by atoms with E-state index >= 15 is 0 Å². The zero-order chi connectivity index (χ0) is 13.1. The third-order valence-corrected chi connectivity index (χ3v) is 3.35. The second kappa shape index (κ2) is 5.67. The van der Waals surface area contributed by atoms with Gasteiger partial charge in [-0.05, 0) is 29.8 Å². The van der Waals surface area contributed by atoms with Crippen LogP contribution < -0.4 is 5.32 Å². The maximum absolute atomic E-state index is 13.5. The Morgan fingerprint density at radius 2 is 1.89 bits per heavy atom. The molecule has 0 saturated carbocycles. The summed E-state index contributed by atoms with van der Waals surface area (Å²) in [7, 11) is 0. The van der Waals surface area contributed by atoms with Crippen LogP contribution in [0.1, 0.15) is 5.56 Å². The summed E-state index contributed by atoms with van der Waals surface area (Å²) in [6, 6.07) is 9.10. The first-order chi connectivity index (χ1) is 8.58. The minimum absolute atomic E-state index is 0.0559. The first kappa shape index (κ1) is 13.3. The highest BCUT2D eigenvalue weighted by molar-refractivity contribution is 9.10. The number of rotatable bonds is 3. The molecule has 0 aliphatic carbocycles. The van der Waals surface area contributed by atoms with Gasteiger partial charge in [-0.2, -0.15) is 0 Å². The Morgan fingerprint density at radius 1 is 1.11 bits per heavy atom. The molecule has 2 rings (SSSR count). The van der Waals surface area contributed by atoms with Gasteiger partial charge in [0.25, 0.3) is 0 Å². The molecular weight excluding hydrogens is 324 g/mol. The highest BCUT2D eigenvalue weighted by Gasteiger charge is 2.07. The van der Waals surface area contributed by atoms with Gasteiger partial charge in [0.15, 0.2) is 0 Å². The van der Waals surface area contributed by atoms with E-state index < -0.39 is 5.82 Å². The molecule has 0 unspecified atom stereocenters. The largest absolute Gasteiger partial charge is 0.379 e. The first-order valence-corrected chi connectivity index (χ1v) is 6.37. The second-order valence-electron chi connectivity index (χ2n) is 3.69. The van der Waals surface area contributed by atoms with Crippen molar-refractivity contribution in [3.63, 3.8) is 0 Å². The van der Waals surface area contributed by atoms with E-state index in [9.17, 15) is 8.78 Å². The lowest BCUT2D eigenvalue weighted by Crippen LogP contribution is -2.02. The fourth-order valence-corrected chi connectivity index (χ4v) is 2.06. The molecule has 0 amide bonds. The first-order valence-electron chi connectivity index (χ1n) is 5.20. The molecule has 0 saturated heterocycles. The van der Waals surface area contributed by atoms with Crippen LogP contribution in [0.25, 0.3) is 0 Å². The summed E-state index contributed by atoms with van der Waals surface area (Å²) in [5.74, 6) is -0.851. The molecule has 18 heavy (non-hydrogen) atoms. The quantitative estimate of drug-likeness (QED) is 0.834. The topological polar surface area (TPSA) is 12.0 Å². The summed E-state index contributed by atoms with van der Waals surface area (Å²) in [5.41, 5.74) is 0.917. The number of benzene rings is 2. The van der Waals surface area contributed by atoms with Crippen LogP contribution in [0.5, 0.6) is 0 Å². The van der Waals surface area contributed by atoms with Gasteiger partial charge in [0.05, 0.1) is 10.7 Å². The van der Waals surface area contributed by atoms with Gasteiger partial charge in [0, 0.05) is 11.0 Å². The summed E-state index contributed by atoms with van der Waals surface area (Å²) in [6.07, 6.45) is 0. The lowest BCUT2D eigenvalue weighted by molar-refractivity contribution is 0.625.